The summed E-state index contributed by atoms with van der Waals surface area (Å²) < 4.78 is 10.9. The molecule has 4 nitrogen and oxygen atoms in total. The molecule has 5 heteroatoms. The average molecular weight is 278 g/mol. The number of ether oxygens (including phenoxy) is 2. The molecule has 1 aromatic heterocycles. The van der Waals surface area contributed by atoms with Gasteiger partial charge in [-0.05, 0) is 37.6 Å². The van der Waals surface area contributed by atoms with E-state index in [1.807, 2.05) is 39.1 Å². The summed E-state index contributed by atoms with van der Waals surface area (Å²) >= 11 is 1.63. The van der Waals surface area contributed by atoms with Gasteiger partial charge in [-0.1, -0.05) is 11.3 Å². The molecule has 2 rings (SSSR count). The van der Waals surface area contributed by atoms with Crippen molar-refractivity contribution < 1.29 is 9.47 Å². The van der Waals surface area contributed by atoms with Crippen LogP contribution in [0.3, 0.4) is 0 Å². The molecule has 1 heterocycles. The van der Waals surface area contributed by atoms with Crippen molar-refractivity contribution in [2.45, 2.75) is 13.8 Å². The van der Waals surface area contributed by atoms with Crippen molar-refractivity contribution in [3.05, 3.63) is 23.9 Å². The maximum atomic E-state index is 5.61. The van der Waals surface area contributed by atoms with E-state index in [0.29, 0.717) is 6.61 Å². The Bertz CT molecular complexity index is 567. The van der Waals surface area contributed by atoms with Crippen LogP contribution in [0.15, 0.2) is 18.2 Å². The zero-order chi connectivity index (χ0) is 13.8. The molecule has 0 fully saturated rings. The van der Waals surface area contributed by atoms with Gasteiger partial charge in [0.1, 0.15) is 0 Å². The van der Waals surface area contributed by atoms with Crippen LogP contribution >= 0.6 is 11.3 Å². The Balaban J connectivity index is 2.44. The van der Waals surface area contributed by atoms with Crippen LogP contribution in [0.2, 0.25) is 0 Å². The summed E-state index contributed by atoms with van der Waals surface area (Å²) in [5, 5.41) is 3.99. The number of nitrogens with one attached hydrogen (secondary N) is 1. The van der Waals surface area contributed by atoms with Gasteiger partial charge in [0.05, 0.1) is 24.3 Å². The van der Waals surface area contributed by atoms with E-state index in [-0.39, 0.29) is 0 Å². The first-order chi connectivity index (χ1) is 9.19. The van der Waals surface area contributed by atoms with Crippen molar-refractivity contribution in [1.29, 1.82) is 0 Å². The van der Waals surface area contributed by atoms with Crippen LogP contribution in [-0.4, -0.2) is 25.7 Å². The fourth-order valence-electron chi connectivity index (χ4n) is 1.86. The number of methoxy groups -OCH3 is 1. The molecule has 0 radical (unpaired) electrons. The lowest BCUT2D eigenvalue weighted by atomic mass is 10.1. The summed E-state index contributed by atoms with van der Waals surface area (Å²) in [6.45, 7) is 4.59. The summed E-state index contributed by atoms with van der Waals surface area (Å²) in [6, 6.07) is 5.96. The van der Waals surface area contributed by atoms with Crippen molar-refractivity contribution in [3.8, 4) is 21.9 Å². The Morgan fingerprint density at radius 1 is 1.32 bits per heavy atom. The van der Waals surface area contributed by atoms with Crippen LogP contribution < -0.4 is 14.8 Å². The fraction of sp³-hybridized carbons (Fsp3) is 0.357. The number of hydrogen-bond acceptors (Lipinski definition) is 5. The molecule has 0 aliphatic rings. The minimum atomic E-state index is 0.614. The third kappa shape index (κ3) is 2.81. The summed E-state index contributed by atoms with van der Waals surface area (Å²) in [5.41, 5.74) is 2.11. The second-order valence-corrected chi connectivity index (χ2v) is 4.98. The zero-order valence-electron chi connectivity index (χ0n) is 11.6. The van der Waals surface area contributed by atoms with Gasteiger partial charge in [-0.2, -0.15) is 0 Å². The van der Waals surface area contributed by atoms with E-state index in [2.05, 4.69) is 10.3 Å². The molecule has 1 N–H and O–H groups in total. The van der Waals surface area contributed by atoms with Crippen molar-refractivity contribution in [1.82, 2.24) is 4.98 Å². The van der Waals surface area contributed by atoms with Crippen LogP contribution in [0.25, 0.3) is 10.4 Å². The van der Waals surface area contributed by atoms with Crippen molar-refractivity contribution in [2.24, 2.45) is 0 Å². The maximum absolute atomic E-state index is 5.61. The van der Waals surface area contributed by atoms with E-state index >= 15 is 0 Å². The Kier molecular flexibility index (Phi) is 4.27. The predicted molar refractivity (Wildman–Crippen MR) is 79.6 cm³/mol. The van der Waals surface area contributed by atoms with E-state index in [1.54, 1.807) is 18.4 Å². The minimum absolute atomic E-state index is 0.614. The third-order valence-electron chi connectivity index (χ3n) is 2.74. The molecule has 0 saturated carbocycles. The number of aromatic nitrogens is 1. The number of benzene rings is 1. The quantitative estimate of drug-likeness (QED) is 0.908. The zero-order valence-corrected chi connectivity index (χ0v) is 12.4. The molecule has 1 aromatic carbocycles. The molecule has 0 spiro atoms. The second-order valence-electron chi connectivity index (χ2n) is 3.98. The van der Waals surface area contributed by atoms with Gasteiger partial charge in [-0.3, -0.25) is 0 Å². The lowest BCUT2D eigenvalue weighted by Gasteiger charge is -2.10. The van der Waals surface area contributed by atoms with E-state index in [0.717, 1.165) is 32.8 Å². The van der Waals surface area contributed by atoms with Gasteiger partial charge in [0.2, 0.25) is 0 Å². The van der Waals surface area contributed by atoms with Gasteiger partial charge in [-0.15, -0.1) is 0 Å². The van der Waals surface area contributed by atoms with Crippen LogP contribution in [0.1, 0.15) is 12.6 Å². The van der Waals surface area contributed by atoms with Crippen LogP contribution in [0, 0.1) is 6.92 Å². The Hall–Kier alpha value is -1.75. The number of rotatable bonds is 5. The molecular formula is C14H18N2O2S. The fourth-order valence-corrected chi connectivity index (χ4v) is 2.77. The standard InChI is InChI=1S/C14H18N2O2S/c1-5-18-12-8-10(6-7-11(12)17-4)13-9(2)16-14(15-3)19-13/h6-8H,5H2,1-4H3,(H,15,16). The molecule has 0 atom stereocenters. The normalized spacial score (nSPS) is 10.3. The highest BCUT2D eigenvalue weighted by molar-refractivity contribution is 7.19. The molecule has 0 unspecified atom stereocenters. The summed E-state index contributed by atoms with van der Waals surface area (Å²) in [7, 11) is 3.52. The Morgan fingerprint density at radius 2 is 2.11 bits per heavy atom. The van der Waals surface area contributed by atoms with Crippen molar-refractivity contribution >= 4 is 16.5 Å². The number of anilines is 1. The maximum Gasteiger partial charge on any atom is 0.183 e. The number of aryl methyl sites for hydroxylation is 1. The lowest BCUT2D eigenvalue weighted by molar-refractivity contribution is 0.311. The Labute approximate surface area is 117 Å². The number of hydrogen-bond donors (Lipinski definition) is 1. The Morgan fingerprint density at radius 3 is 2.68 bits per heavy atom. The highest BCUT2D eigenvalue weighted by Gasteiger charge is 2.12. The first kappa shape index (κ1) is 13.7. The lowest BCUT2D eigenvalue weighted by Crippen LogP contribution is -1.95. The number of thiazole rings is 1. The van der Waals surface area contributed by atoms with Gasteiger partial charge < -0.3 is 14.8 Å². The van der Waals surface area contributed by atoms with Crippen LogP contribution in [0.4, 0.5) is 5.13 Å². The minimum Gasteiger partial charge on any atom is -0.493 e. The SMILES string of the molecule is CCOc1cc(-c2sc(NC)nc2C)ccc1OC. The van der Waals surface area contributed by atoms with Crippen molar-refractivity contribution in [2.75, 3.05) is 26.1 Å². The molecule has 102 valence electrons. The molecule has 2 aromatic rings. The number of nitrogens with zero attached hydrogens (tertiary/aromatic N) is 1. The molecule has 0 aliphatic carbocycles. The van der Waals surface area contributed by atoms with Gasteiger partial charge in [0.15, 0.2) is 16.6 Å². The van der Waals surface area contributed by atoms with Gasteiger partial charge >= 0.3 is 0 Å². The molecule has 19 heavy (non-hydrogen) atoms. The molecule has 0 bridgehead atoms. The summed E-state index contributed by atoms with van der Waals surface area (Å²) in [4.78, 5) is 5.61. The molecular weight excluding hydrogens is 260 g/mol. The monoisotopic (exact) mass is 278 g/mol. The van der Waals surface area contributed by atoms with Gasteiger partial charge in [0.25, 0.3) is 0 Å². The van der Waals surface area contributed by atoms with Crippen LogP contribution in [-0.2, 0) is 0 Å². The molecule has 0 amide bonds. The summed E-state index contributed by atoms with van der Waals surface area (Å²) in [6.07, 6.45) is 0. The first-order valence-corrected chi connectivity index (χ1v) is 6.97. The van der Waals surface area contributed by atoms with E-state index in [4.69, 9.17) is 9.47 Å². The van der Waals surface area contributed by atoms with Gasteiger partial charge in [-0.25, -0.2) is 4.98 Å². The topological polar surface area (TPSA) is 43.4 Å². The summed E-state index contributed by atoms with van der Waals surface area (Å²) in [5.74, 6) is 1.52. The highest BCUT2D eigenvalue weighted by Crippen LogP contribution is 2.37. The largest absolute Gasteiger partial charge is 0.493 e. The van der Waals surface area contributed by atoms with E-state index < -0.39 is 0 Å². The second kappa shape index (κ2) is 5.93. The highest BCUT2D eigenvalue weighted by atomic mass is 32.1. The predicted octanol–water partition coefficient (Wildman–Crippen LogP) is 3.57. The molecule has 0 saturated heterocycles. The first-order valence-electron chi connectivity index (χ1n) is 6.16. The van der Waals surface area contributed by atoms with Gasteiger partial charge in [0, 0.05) is 7.05 Å². The third-order valence-corrected chi connectivity index (χ3v) is 3.96. The molecule has 0 aliphatic heterocycles. The van der Waals surface area contributed by atoms with Crippen molar-refractivity contribution in [3.63, 3.8) is 0 Å². The van der Waals surface area contributed by atoms with Crippen LogP contribution in [0.5, 0.6) is 11.5 Å². The average Bonchev–Trinajstić information content (AvgIpc) is 2.80. The smallest absolute Gasteiger partial charge is 0.183 e. The van der Waals surface area contributed by atoms with E-state index in [1.165, 1.54) is 0 Å². The van der Waals surface area contributed by atoms with E-state index in [9.17, 15) is 0 Å².